The van der Waals surface area contributed by atoms with Crippen LogP contribution in [0.15, 0.2) is 30.5 Å². The normalized spacial score (nSPS) is 10.3. The molecule has 0 spiro atoms. The number of halogens is 4. The second-order valence-corrected chi connectivity index (χ2v) is 4.60. The maximum Gasteiger partial charge on any atom is 0.340 e. The molecule has 0 saturated heterocycles. The lowest BCUT2D eigenvalue weighted by molar-refractivity contribution is -0.119. The third-order valence-electron chi connectivity index (χ3n) is 2.61. The quantitative estimate of drug-likeness (QED) is 0.526. The van der Waals surface area contributed by atoms with Crippen LogP contribution in [0.2, 0.25) is 5.15 Å². The van der Waals surface area contributed by atoms with Gasteiger partial charge in [-0.15, -0.1) is 0 Å². The predicted molar refractivity (Wildman–Crippen MR) is 74.5 cm³/mol. The van der Waals surface area contributed by atoms with Gasteiger partial charge in [-0.05, 0) is 24.3 Å². The van der Waals surface area contributed by atoms with Gasteiger partial charge in [-0.1, -0.05) is 11.6 Å². The Bertz CT molecular complexity index is 754. The largest absolute Gasteiger partial charge is 0.452 e. The van der Waals surface area contributed by atoms with Gasteiger partial charge >= 0.3 is 5.97 Å². The Balaban J connectivity index is 1.94. The Labute approximate surface area is 133 Å². The van der Waals surface area contributed by atoms with Gasteiger partial charge in [0.05, 0.1) is 11.3 Å². The van der Waals surface area contributed by atoms with E-state index in [-0.39, 0.29) is 10.7 Å². The van der Waals surface area contributed by atoms with Crippen LogP contribution >= 0.6 is 11.6 Å². The average molecular weight is 345 g/mol. The van der Waals surface area contributed by atoms with E-state index >= 15 is 0 Å². The fourth-order valence-corrected chi connectivity index (χ4v) is 1.63. The SMILES string of the molecule is O=C(COC(=O)c1ccc(Cl)nc1)Nc1ccc(F)c(F)c1F. The molecule has 0 fully saturated rings. The molecule has 5 nitrogen and oxygen atoms in total. The van der Waals surface area contributed by atoms with E-state index < -0.39 is 41.6 Å². The van der Waals surface area contributed by atoms with Crippen LogP contribution in [0.4, 0.5) is 18.9 Å². The number of pyridine rings is 1. The molecule has 0 aliphatic heterocycles. The Morgan fingerprint density at radius 3 is 2.52 bits per heavy atom. The lowest BCUT2D eigenvalue weighted by Crippen LogP contribution is -2.21. The molecular weight excluding hydrogens is 337 g/mol. The molecule has 0 unspecified atom stereocenters. The first-order valence-corrected chi connectivity index (χ1v) is 6.48. The van der Waals surface area contributed by atoms with Crippen LogP contribution in [0, 0.1) is 17.5 Å². The first kappa shape index (κ1) is 16.8. The van der Waals surface area contributed by atoms with Crippen molar-refractivity contribution in [3.8, 4) is 0 Å². The third kappa shape index (κ3) is 4.19. The molecule has 1 aromatic heterocycles. The predicted octanol–water partition coefficient (Wildman–Crippen LogP) is 2.95. The van der Waals surface area contributed by atoms with Crippen molar-refractivity contribution in [1.29, 1.82) is 0 Å². The van der Waals surface area contributed by atoms with Gasteiger partial charge in [-0.3, -0.25) is 4.79 Å². The van der Waals surface area contributed by atoms with Crippen LogP contribution in [0.25, 0.3) is 0 Å². The summed E-state index contributed by atoms with van der Waals surface area (Å²) in [6.45, 7) is -0.750. The summed E-state index contributed by atoms with van der Waals surface area (Å²) in [5.74, 6) is -6.43. The van der Waals surface area contributed by atoms with E-state index in [9.17, 15) is 22.8 Å². The third-order valence-corrected chi connectivity index (χ3v) is 2.83. The first-order chi connectivity index (χ1) is 10.9. The number of nitrogens with zero attached hydrogens (tertiary/aromatic N) is 1. The van der Waals surface area contributed by atoms with Crippen LogP contribution in [-0.4, -0.2) is 23.5 Å². The van der Waals surface area contributed by atoms with Crippen LogP contribution in [-0.2, 0) is 9.53 Å². The van der Waals surface area contributed by atoms with E-state index in [1.54, 1.807) is 0 Å². The smallest absolute Gasteiger partial charge is 0.340 e. The van der Waals surface area contributed by atoms with Gasteiger partial charge in [-0.2, -0.15) is 0 Å². The van der Waals surface area contributed by atoms with Gasteiger partial charge in [0.25, 0.3) is 5.91 Å². The summed E-state index contributed by atoms with van der Waals surface area (Å²) in [7, 11) is 0. The zero-order chi connectivity index (χ0) is 17.0. The molecule has 120 valence electrons. The lowest BCUT2D eigenvalue weighted by Gasteiger charge is -2.08. The fourth-order valence-electron chi connectivity index (χ4n) is 1.52. The summed E-state index contributed by atoms with van der Waals surface area (Å²) in [5.41, 5.74) is -0.515. The molecule has 0 aliphatic rings. The minimum Gasteiger partial charge on any atom is -0.452 e. The monoisotopic (exact) mass is 344 g/mol. The number of ether oxygens (including phenoxy) is 1. The summed E-state index contributed by atoms with van der Waals surface area (Å²) in [6, 6.07) is 4.19. The van der Waals surface area contributed by atoms with E-state index in [1.807, 2.05) is 5.32 Å². The molecule has 1 N–H and O–H groups in total. The standard InChI is InChI=1S/C14H8ClF3N2O3/c15-10-4-1-7(5-19-10)14(22)23-6-11(21)20-9-3-2-8(16)12(17)13(9)18/h1-5H,6H2,(H,20,21). The van der Waals surface area contributed by atoms with Crippen LogP contribution < -0.4 is 5.32 Å². The Morgan fingerprint density at radius 2 is 1.87 bits per heavy atom. The van der Waals surface area contributed by atoms with Crippen molar-refractivity contribution in [2.24, 2.45) is 0 Å². The molecule has 2 aromatic rings. The van der Waals surface area contributed by atoms with Gasteiger partial charge in [0.2, 0.25) is 0 Å². The van der Waals surface area contributed by atoms with Crippen molar-refractivity contribution >= 4 is 29.2 Å². The van der Waals surface area contributed by atoms with E-state index in [2.05, 4.69) is 9.72 Å². The van der Waals surface area contributed by atoms with Gasteiger partial charge in [0.1, 0.15) is 5.15 Å². The minimum atomic E-state index is -1.72. The van der Waals surface area contributed by atoms with Crippen LogP contribution in [0.3, 0.4) is 0 Å². The molecule has 0 bridgehead atoms. The number of anilines is 1. The van der Waals surface area contributed by atoms with Gasteiger partial charge in [-0.25, -0.2) is 22.9 Å². The van der Waals surface area contributed by atoms with Gasteiger partial charge in [0.15, 0.2) is 24.1 Å². The van der Waals surface area contributed by atoms with E-state index in [0.717, 1.165) is 12.3 Å². The molecule has 0 saturated carbocycles. The van der Waals surface area contributed by atoms with Crippen molar-refractivity contribution in [3.05, 3.63) is 58.6 Å². The summed E-state index contributed by atoms with van der Waals surface area (Å²) in [6.07, 6.45) is 1.15. The Kier molecular flexibility index (Phi) is 5.17. The number of amides is 1. The van der Waals surface area contributed by atoms with E-state index in [0.29, 0.717) is 6.07 Å². The molecule has 1 aromatic carbocycles. The molecule has 9 heteroatoms. The molecule has 1 amide bonds. The topological polar surface area (TPSA) is 68.3 Å². The number of carbonyl (C=O) groups excluding carboxylic acids is 2. The summed E-state index contributed by atoms with van der Waals surface area (Å²) in [5, 5.41) is 2.13. The number of benzene rings is 1. The van der Waals surface area contributed by atoms with Crippen molar-refractivity contribution in [2.45, 2.75) is 0 Å². The highest BCUT2D eigenvalue weighted by molar-refractivity contribution is 6.29. The van der Waals surface area contributed by atoms with Crippen molar-refractivity contribution < 1.29 is 27.5 Å². The second-order valence-electron chi connectivity index (χ2n) is 4.22. The first-order valence-electron chi connectivity index (χ1n) is 6.10. The number of nitrogens with one attached hydrogen (secondary N) is 1. The van der Waals surface area contributed by atoms with Crippen molar-refractivity contribution in [2.75, 3.05) is 11.9 Å². The maximum atomic E-state index is 13.4. The van der Waals surface area contributed by atoms with Crippen molar-refractivity contribution in [3.63, 3.8) is 0 Å². The molecule has 0 aliphatic carbocycles. The Hall–Kier alpha value is -2.61. The average Bonchev–Trinajstić information content (AvgIpc) is 2.54. The van der Waals surface area contributed by atoms with Gasteiger partial charge < -0.3 is 10.1 Å². The zero-order valence-electron chi connectivity index (χ0n) is 11.3. The highest BCUT2D eigenvalue weighted by Gasteiger charge is 2.16. The molecule has 23 heavy (non-hydrogen) atoms. The van der Waals surface area contributed by atoms with Crippen LogP contribution in [0.5, 0.6) is 0 Å². The summed E-state index contributed by atoms with van der Waals surface area (Å²) >= 11 is 5.55. The van der Waals surface area contributed by atoms with Crippen LogP contribution in [0.1, 0.15) is 10.4 Å². The highest BCUT2D eigenvalue weighted by atomic mass is 35.5. The number of carbonyl (C=O) groups is 2. The minimum absolute atomic E-state index is 0.0567. The zero-order valence-corrected chi connectivity index (χ0v) is 12.0. The highest BCUT2D eigenvalue weighted by Crippen LogP contribution is 2.19. The van der Waals surface area contributed by atoms with Gasteiger partial charge in [0, 0.05) is 6.20 Å². The Morgan fingerprint density at radius 1 is 1.13 bits per heavy atom. The maximum absolute atomic E-state index is 13.4. The number of hydrogen-bond donors (Lipinski definition) is 1. The summed E-state index contributed by atoms with van der Waals surface area (Å²) in [4.78, 5) is 26.8. The molecule has 1 heterocycles. The second kappa shape index (κ2) is 7.10. The molecule has 0 radical (unpaired) electrons. The van der Waals surface area contributed by atoms with E-state index in [1.165, 1.54) is 12.1 Å². The molecule has 0 atom stereocenters. The fraction of sp³-hybridized carbons (Fsp3) is 0.0714. The number of esters is 1. The summed E-state index contributed by atoms with van der Waals surface area (Å²) < 4.78 is 43.8. The van der Waals surface area contributed by atoms with E-state index in [4.69, 9.17) is 11.6 Å². The van der Waals surface area contributed by atoms with Crippen molar-refractivity contribution in [1.82, 2.24) is 4.98 Å². The molecule has 2 rings (SSSR count). The number of rotatable bonds is 4. The molecular formula is C14H8ClF3N2O3. The number of aromatic nitrogens is 1. The number of hydrogen-bond acceptors (Lipinski definition) is 4. The lowest BCUT2D eigenvalue weighted by atomic mass is 10.2.